The average molecular weight is 276 g/mol. The predicted molar refractivity (Wildman–Crippen MR) is 71.0 cm³/mol. The van der Waals surface area contributed by atoms with Crippen molar-refractivity contribution in [1.29, 1.82) is 0 Å². The first kappa shape index (κ1) is 14.2. The Balaban J connectivity index is 1.67. The molecule has 2 aliphatic rings. The van der Waals surface area contributed by atoms with E-state index in [0.29, 0.717) is 19.1 Å². The Labute approximate surface area is 110 Å². The van der Waals surface area contributed by atoms with E-state index in [0.717, 1.165) is 51.4 Å². The maximum Gasteiger partial charge on any atom is 0.211 e. The summed E-state index contributed by atoms with van der Waals surface area (Å²) in [6, 6.07) is 0.478. The van der Waals surface area contributed by atoms with Gasteiger partial charge < -0.3 is 10.1 Å². The molecule has 0 bridgehead atoms. The lowest BCUT2D eigenvalue weighted by Gasteiger charge is -2.32. The number of rotatable bonds is 4. The lowest BCUT2D eigenvalue weighted by atomic mass is 9.99. The number of piperidine rings is 1. The zero-order valence-electron chi connectivity index (χ0n) is 11.1. The van der Waals surface area contributed by atoms with Gasteiger partial charge in [-0.05, 0) is 38.1 Å². The smallest absolute Gasteiger partial charge is 0.211 e. The fourth-order valence-electron chi connectivity index (χ4n) is 2.68. The first-order valence-corrected chi connectivity index (χ1v) is 8.67. The van der Waals surface area contributed by atoms with Gasteiger partial charge in [0.15, 0.2) is 0 Å². The highest BCUT2D eigenvalue weighted by atomic mass is 32.2. The van der Waals surface area contributed by atoms with Crippen LogP contribution in [0.3, 0.4) is 0 Å². The van der Waals surface area contributed by atoms with Gasteiger partial charge in [-0.1, -0.05) is 0 Å². The molecule has 106 valence electrons. The molecule has 2 rings (SSSR count). The third kappa shape index (κ3) is 4.19. The molecule has 1 N–H and O–H groups in total. The summed E-state index contributed by atoms with van der Waals surface area (Å²) in [7, 11) is -3.00. The quantitative estimate of drug-likeness (QED) is 0.809. The van der Waals surface area contributed by atoms with Gasteiger partial charge >= 0.3 is 0 Å². The molecule has 2 fully saturated rings. The zero-order chi connectivity index (χ0) is 13.0. The molecule has 0 unspecified atom stereocenters. The normalized spacial score (nSPS) is 25.4. The molecule has 2 heterocycles. The second-order valence-electron chi connectivity index (χ2n) is 5.40. The number of hydrogen-bond acceptors (Lipinski definition) is 4. The van der Waals surface area contributed by atoms with Crippen LogP contribution in [0.5, 0.6) is 0 Å². The first-order valence-electron chi connectivity index (χ1n) is 6.82. The van der Waals surface area contributed by atoms with Crippen molar-refractivity contribution in [3.63, 3.8) is 0 Å². The van der Waals surface area contributed by atoms with Crippen molar-refractivity contribution in [2.75, 3.05) is 39.1 Å². The second kappa shape index (κ2) is 6.32. The maximum atomic E-state index is 11.4. The van der Waals surface area contributed by atoms with Crippen molar-refractivity contribution < 1.29 is 13.2 Å². The van der Waals surface area contributed by atoms with Crippen LogP contribution in [-0.4, -0.2) is 57.9 Å². The van der Waals surface area contributed by atoms with E-state index in [1.54, 1.807) is 4.31 Å². The standard InChI is InChI=1S/C12H24N2O3S/c1-18(15,16)14-6-2-12(3-7-14)13-10-11-4-8-17-9-5-11/h11-13H,2-10H2,1H3. The highest BCUT2D eigenvalue weighted by Crippen LogP contribution is 2.16. The summed E-state index contributed by atoms with van der Waals surface area (Å²) in [6.07, 6.45) is 5.44. The van der Waals surface area contributed by atoms with Crippen LogP contribution in [0.2, 0.25) is 0 Å². The van der Waals surface area contributed by atoms with E-state index in [4.69, 9.17) is 4.74 Å². The number of sulfonamides is 1. The molecule has 5 nitrogen and oxygen atoms in total. The summed E-state index contributed by atoms with van der Waals surface area (Å²) in [5.41, 5.74) is 0. The fourth-order valence-corrected chi connectivity index (χ4v) is 3.55. The van der Waals surface area contributed by atoms with E-state index in [1.807, 2.05) is 0 Å². The van der Waals surface area contributed by atoms with Gasteiger partial charge in [-0.3, -0.25) is 0 Å². The highest BCUT2D eigenvalue weighted by Gasteiger charge is 2.25. The van der Waals surface area contributed by atoms with Gasteiger partial charge in [0.2, 0.25) is 10.0 Å². The molecule has 0 saturated carbocycles. The van der Waals surface area contributed by atoms with Crippen LogP contribution < -0.4 is 5.32 Å². The van der Waals surface area contributed by atoms with Crippen molar-refractivity contribution in [1.82, 2.24) is 9.62 Å². The summed E-state index contributed by atoms with van der Waals surface area (Å²) >= 11 is 0. The molecule has 6 heteroatoms. The van der Waals surface area contributed by atoms with E-state index in [-0.39, 0.29) is 0 Å². The maximum absolute atomic E-state index is 11.4. The van der Waals surface area contributed by atoms with Gasteiger partial charge in [0.1, 0.15) is 0 Å². The van der Waals surface area contributed by atoms with Crippen LogP contribution >= 0.6 is 0 Å². The minimum absolute atomic E-state index is 0.478. The van der Waals surface area contributed by atoms with Crippen LogP contribution in [-0.2, 0) is 14.8 Å². The monoisotopic (exact) mass is 276 g/mol. The van der Waals surface area contributed by atoms with Crippen molar-refractivity contribution in [3.05, 3.63) is 0 Å². The fraction of sp³-hybridized carbons (Fsp3) is 1.00. The molecule has 0 aliphatic carbocycles. The lowest BCUT2D eigenvalue weighted by molar-refractivity contribution is 0.0648. The van der Waals surface area contributed by atoms with Crippen LogP contribution in [0.1, 0.15) is 25.7 Å². The molecule has 0 spiro atoms. The third-order valence-corrected chi connectivity index (χ3v) is 5.26. The summed E-state index contributed by atoms with van der Waals surface area (Å²) in [4.78, 5) is 0. The van der Waals surface area contributed by atoms with Crippen LogP contribution in [0.4, 0.5) is 0 Å². The van der Waals surface area contributed by atoms with E-state index >= 15 is 0 Å². The Morgan fingerprint density at radius 3 is 2.33 bits per heavy atom. The topological polar surface area (TPSA) is 58.6 Å². The SMILES string of the molecule is CS(=O)(=O)N1CCC(NCC2CCOCC2)CC1. The Morgan fingerprint density at radius 1 is 1.17 bits per heavy atom. The van der Waals surface area contributed by atoms with Crippen molar-refractivity contribution >= 4 is 10.0 Å². The molecule has 18 heavy (non-hydrogen) atoms. The van der Waals surface area contributed by atoms with Crippen LogP contribution in [0.15, 0.2) is 0 Å². The summed E-state index contributed by atoms with van der Waals surface area (Å²) in [6.45, 7) is 4.14. The Kier molecular flexibility index (Phi) is 5.00. The van der Waals surface area contributed by atoms with Crippen molar-refractivity contribution in [3.8, 4) is 0 Å². The second-order valence-corrected chi connectivity index (χ2v) is 7.38. The lowest BCUT2D eigenvalue weighted by Crippen LogP contribution is -2.45. The summed E-state index contributed by atoms with van der Waals surface area (Å²) in [5, 5.41) is 3.59. The van der Waals surface area contributed by atoms with E-state index in [9.17, 15) is 8.42 Å². The van der Waals surface area contributed by atoms with Crippen molar-refractivity contribution in [2.24, 2.45) is 5.92 Å². The van der Waals surface area contributed by atoms with Gasteiger partial charge in [-0.2, -0.15) is 0 Å². The predicted octanol–water partition coefficient (Wildman–Crippen LogP) is 0.427. The minimum atomic E-state index is -3.00. The molecular weight excluding hydrogens is 252 g/mol. The third-order valence-electron chi connectivity index (χ3n) is 3.96. The minimum Gasteiger partial charge on any atom is -0.381 e. The largest absolute Gasteiger partial charge is 0.381 e. The molecule has 0 aromatic carbocycles. The van der Waals surface area contributed by atoms with Gasteiger partial charge in [-0.15, -0.1) is 0 Å². The number of nitrogens with zero attached hydrogens (tertiary/aromatic N) is 1. The van der Waals surface area contributed by atoms with E-state index in [2.05, 4.69) is 5.32 Å². The average Bonchev–Trinajstić information content (AvgIpc) is 2.37. The number of hydrogen-bond donors (Lipinski definition) is 1. The molecule has 0 aromatic rings. The van der Waals surface area contributed by atoms with E-state index in [1.165, 1.54) is 6.26 Å². The first-order chi connectivity index (χ1) is 8.55. The molecule has 0 amide bonds. The Bertz CT molecular complexity index is 344. The molecule has 0 radical (unpaired) electrons. The number of ether oxygens (including phenoxy) is 1. The van der Waals surface area contributed by atoms with Crippen LogP contribution in [0.25, 0.3) is 0 Å². The Morgan fingerprint density at radius 2 is 1.78 bits per heavy atom. The van der Waals surface area contributed by atoms with Gasteiger partial charge in [0.25, 0.3) is 0 Å². The molecule has 0 aromatic heterocycles. The molecule has 2 aliphatic heterocycles. The zero-order valence-corrected chi connectivity index (χ0v) is 11.9. The highest BCUT2D eigenvalue weighted by molar-refractivity contribution is 7.88. The number of nitrogens with one attached hydrogen (secondary N) is 1. The van der Waals surface area contributed by atoms with Gasteiger partial charge in [0, 0.05) is 32.3 Å². The van der Waals surface area contributed by atoms with Gasteiger partial charge in [0.05, 0.1) is 6.26 Å². The summed E-state index contributed by atoms with van der Waals surface area (Å²) in [5.74, 6) is 0.728. The molecule has 2 saturated heterocycles. The van der Waals surface area contributed by atoms with Crippen molar-refractivity contribution in [2.45, 2.75) is 31.7 Å². The van der Waals surface area contributed by atoms with E-state index < -0.39 is 10.0 Å². The summed E-state index contributed by atoms with van der Waals surface area (Å²) < 4.78 is 29.7. The molecular formula is C12H24N2O3S. The van der Waals surface area contributed by atoms with Crippen LogP contribution in [0, 0.1) is 5.92 Å². The molecule has 0 atom stereocenters. The Hall–Kier alpha value is -0.170. The van der Waals surface area contributed by atoms with Gasteiger partial charge in [-0.25, -0.2) is 12.7 Å².